The molecule has 2 amide bonds. The van der Waals surface area contributed by atoms with Crippen LogP contribution in [0, 0.1) is 0 Å². The molecule has 1 aromatic heterocycles. The first kappa shape index (κ1) is 19.4. The van der Waals surface area contributed by atoms with Gasteiger partial charge in [0.15, 0.2) is 0 Å². The molecule has 6 heteroatoms. The molecular formula is C23H28N4O2. The third-order valence-electron chi connectivity index (χ3n) is 5.77. The number of pyridine rings is 1. The van der Waals surface area contributed by atoms with E-state index in [1.165, 1.54) is 18.5 Å². The first-order valence-corrected chi connectivity index (χ1v) is 10.6. The third kappa shape index (κ3) is 4.58. The van der Waals surface area contributed by atoms with E-state index in [0.29, 0.717) is 24.5 Å². The van der Waals surface area contributed by atoms with Gasteiger partial charge in [0.1, 0.15) is 11.4 Å². The summed E-state index contributed by atoms with van der Waals surface area (Å²) in [5, 5.41) is 0. The first-order chi connectivity index (χ1) is 14.2. The summed E-state index contributed by atoms with van der Waals surface area (Å²) in [5.41, 5.74) is 1.92. The van der Waals surface area contributed by atoms with Gasteiger partial charge in [-0.15, -0.1) is 0 Å². The van der Waals surface area contributed by atoms with E-state index in [-0.39, 0.29) is 11.8 Å². The lowest BCUT2D eigenvalue weighted by Gasteiger charge is -2.36. The second-order valence-corrected chi connectivity index (χ2v) is 7.73. The fraction of sp³-hybridized carbons (Fsp3) is 0.435. The Bertz CT molecular complexity index is 839. The fourth-order valence-electron chi connectivity index (χ4n) is 4.08. The Balaban J connectivity index is 1.40. The molecule has 0 saturated carbocycles. The molecule has 2 aromatic rings. The number of anilines is 1. The van der Waals surface area contributed by atoms with Gasteiger partial charge in [-0.3, -0.25) is 9.59 Å². The van der Waals surface area contributed by atoms with E-state index < -0.39 is 0 Å². The minimum Gasteiger partial charge on any atom is -0.368 e. The van der Waals surface area contributed by atoms with Crippen LogP contribution in [0.2, 0.25) is 0 Å². The Morgan fingerprint density at radius 3 is 1.76 bits per heavy atom. The largest absolute Gasteiger partial charge is 0.368 e. The quantitative estimate of drug-likeness (QED) is 0.806. The van der Waals surface area contributed by atoms with E-state index >= 15 is 0 Å². The highest BCUT2D eigenvalue weighted by atomic mass is 16.2. The molecule has 2 saturated heterocycles. The molecule has 1 aromatic carbocycles. The van der Waals surface area contributed by atoms with Gasteiger partial charge in [0.25, 0.3) is 11.8 Å². The zero-order valence-electron chi connectivity index (χ0n) is 16.8. The van der Waals surface area contributed by atoms with Crippen molar-refractivity contribution in [2.45, 2.75) is 25.7 Å². The molecule has 2 aliphatic heterocycles. The first-order valence-electron chi connectivity index (χ1n) is 10.6. The Kier molecular flexibility index (Phi) is 6.08. The highest BCUT2D eigenvalue weighted by molar-refractivity contribution is 5.96. The number of carbonyl (C=O) groups is 2. The Labute approximate surface area is 172 Å². The number of likely N-dealkylation sites (tertiary alicyclic amines) is 1. The molecule has 3 heterocycles. The standard InChI is InChI=1S/C23H28N4O2/c28-22(26-13-6-1-2-7-14-26)20-11-8-12-21(24-20)23(29)27-17-15-25(16-18-27)19-9-4-3-5-10-19/h3-5,8-12H,1-2,6-7,13-18H2. The number of carbonyl (C=O) groups excluding carboxylic acids is 2. The van der Waals surface area contributed by atoms with Crippen LogP contribution in [-0.2, 0) is 0 Å². The van der Waals surface area contributed by atoms with Crippen LogP contribution in [0.25, 0.3) is 0 Å². The van der Waals surface area contributed by atoms with E-state index in [0.717, 1.165) is 39.0 Å². The van der Waals surface area contributed by atoms with Crippen LogP contribution >= 0.6 is 0 Å². The highest BCUT2D eigenvalue weighted by Crippen LogP contribution is 2.17. The molecule has 0 spiro atoms. The number of para-hydroxylation sites is 1. The number of rotatable bonds is 3. The Morgan fingerprint density at radius 2 is 1.17 bits per heavy atom. The van der Waals surface area contributed by atoms with Crippen molar-refractivity contribution in [2.24, 2.45) is 0 Å². The maximum atomic E-state index is 13.0. The van der Waals surface area contributed by atoms with Crippen LogP contribution in [0.1, 0.15) is 46.7 Å². The summed E-state index contributed by atoms with van der Waals surface area (Å²) < 4.78 is 0. The molecule has 29 heavy (non-hydrogen) atoms. The van der Waals surface area contributed by atoms with Crippen molar-refractivity contribution in [3.8, 4) is 0 Å². The number of hydrogen-bond acceptors (Lipinski definition) is 4. The van der Waals surface area contributed by atoms with Gasteiger partial charge in [-0.2, -0.15) is 0 Å². The van der Waals surface area contributed by atoms with Gasteiger partial charge < -0.3 is 14.7 Å². The van der Waals surface area contributed by atoms with Gasteiger partial charge in [0.05, 0.1) is 0 Å². The number of piperazine rings is 1. The van der Waals surface area contributed by atoms with Crippen molar-refractivity contribution in [2.75, 3.05) is 44.2 Å². The average molecular weight is 393 g/mol. The lowest BCUT2D eigenvalue weighted by atomic mass is 10.2. The van der Waals surface area contributed by atoms with Crippen LogP contribution in [0.5, 0.6) is 0 Å². The van der Waals surface area contributed by atoms with Crippen molar-refractivity contribution in [3.63, 3.8) is 0 Å². The summed E-state index contributed by atoms with van der Waals surface area (Å²) in [6, 6.07) is 15.5. The van der Waals surface area contributed by atoms with Gasteiger partial charge in [-0.1, -0.05) is 37.1 Å². The molecule has 0 aliphatic carbocycles. The molecular weight excluding hydrogens is 364 g/mol. The second-order valence-electron chi connectivity index (χ2n) is 7.73. The topological polar surface area (TPSA) is 56.8 Å². The number of nitrogens with zero attached hydrogens (tertiary/aromatic N) is 4. The smallest absolute Gasteiger partial charge is 0.272 e. The van der Waals surface area contributed by atoms with Crippen LogP contribution < -0.4 is 4.90 Å². The Hall–Kier alpha value is -2.89. The molecule has 0 N–H and O–H groups in total. The molecule has 2 fully saturated rings. The molecule has 152 valence electrons. The molecule has 0 atom stereocenters. The summed E-state index contributed by atoms with van der Waals surface area (Å²) >= 11 is 0. The third-order valence-corrected chi connectivity index (χ3v) is 5.77. The predicted octanol–water partition coefficient (Wildman–Crippen LogP) is 3.06. The molecule has 2 aliphatic rings. The fourth-order valence-corrected chi connectivity index (χ4v) is 4.08. The lowest BCUT2D eigenvalue weighted by Crippen LogP contribution is -2.49. The maximum Gasteiger partial charge on any atom is 0.272 e. The number of amides is 2. The average Bonchev–Trinajstić information content (AvgIpc) is 3.08. The van der Waals surface area contributed by atoms with Crippen LogP contribution in [-0.4, -0.2) is 65.9 Å². The zero-order valence-corrected chi connectivity index (χ0v) is 16.8. The Morgan fingerprint density at radius 1 is 0.621 bits per heavy atom. The monoisotopic (exact) mass is 392 g/mol. The number of hydrogen-bond donors (Lipinski definition) is 0. The predicted molar refractivity (Wildman–Crippen MR) is 113 cm³/mol. The van der Waals surface area contributed by atoms with Crippen LogP contribution in [0.4, 0.5) is 5.69 Å². The van der Waals surface area contributed by atoms with Crippen LogP contribution in [0.3, 0.4) is 0 Å². The SMILES string of the molecule is O=C(c1cccc(C(=O)N2CCN(c3ccccc3)CC2)n1)N1CCCCCC1. The van der Waals surface area contributed by atoms with Crippen LogP contribution in [0.15, 0.2) is 48.5 Å². The minimum absolute atomic E-state index is 0.0598. The molecule has 4 rings (SSSR count). The van der Waals surface area contributed by atoms with Crippen molar-refractivity contribution in [1.82, 2.24) is 14.8 Å². The summed E-state index contributed by atoms with van der Waals surface area (Å²) in [6.45, 7) is 4.45. The summed E-state index contributed by atoms with van der Waals surface area (Å²) in [4.78, 5) is 36.2. The van der Waals surface area contributed by atoms with Gasteiger partial charge in [0.2, 0.25) is 0 Å². The lowest BCUT2D eigenvalue weighted by molar-refractivity contribution is 0.0738. The zero-order chi connectivity index (χ0) is 20.1. The maximum absolute atomic E-state index is 13.0. The number of benzene rings is 1. The summed E-state index contributed by atoms with van der Waals surface area (Å²) in [5.74, 6) is -0.154. The van der Waals surface area contributed by atoms with E-state index in [9.17, 15) is 9.59 Å². The van der Waals surface area contributed by atoms with E-state index in [1.807, 2.05) is 28.0 Å². The molecule has 0 radical (unpaired) electrons. The molecule has 6 nitrogen and oxygen atoms in total. The van der Waals surface area contributed by atoms with E-state index in [4.69, 9.17) is 0 Å². The van der Waals surface area contributed by atoms with Crippen molar-refractivity contribution >= 4 is 17.5 Å². The van der Waals surface area contributed by atoms with Crippen molar-refractivity contribution < 1.29 is 9.59 Å². The van der Waals surface area contributed by atoms with E-state index in [2.05, 4.69) is 22.0 Å². The minimum atomic E-state index is -0.0942. The molecule has 0 bridgehead atoms. The van der Waals surface area contributed by atoms with Crippen molar-refractivity contribution in [3.05, 3.63) is 59.9 Å². The van der Waals surface area contributed by atoms with Gasteiger partial charge in [0, 0.05) is 45.0 Å². The van der Waals surface area contributed by atoms with Gasteiger partial charge in [-0.25, -0.2) is 4.98 Å². The van der Waals surface area contributed by atoms with Gasteiger partial charge >= 0.3 is 0 Å². The molecule has 0 unspecified atom stereocenters. The van der Waals surface area contributed by atoms with Crippen molar-refractivity contribution in [1.29, 1.82) is 0 Å². The normalized spacial score (nSPS) is 17.7. The second kappa shape index (κ2) is 9.07. The highest BCUT2D eigenvalue weighted by Gasteiger charge is 2.25. The van der Waals surface area contributed by atoms with E-state index in [1.54, 1.807) is 18.2 Å². The number of aromatic nitrogens is 1. The summed E-state index contributed by atoms with van der Waals surface area (Å²) in [6.07, 6.45) is 4.42. The summed E-state index contributed by atoms with van der Waals surface area (Å²) in [7, 11) is 0. The van der Waals surface area contributed by atoms with Gasteiger partial charge in [-0.05, 0) is 37.1 Å².